The molecule has 0 bridgehead atoms. The van der Waals surface area contributed by atoms with E-state index in [-0.39, 0.29) is 13.1 Å². The minimum atomic E-state index is -2.27. The molecule has 1 rings (SSSR count). The van der Waals surface area contributed by atoms with E-state index in [1.807, 2.05) is 0 Å². The number of carbonyl (C=O) groups is 1. The predicted octanol–water partition coefficient (Wildman–Crippen LogP) is -5.09. The SMILES string of the molecule is O=C(O)[C@H](O)[C@@H](O)[C@H](O)[C@@H](O)CN1C[C@@H](O)[C@H](O)[C@H]1CO. The summed E-state index contributed by atoms with van der Waals surface area (Å²) in [5.74, 6) is -1.76. The van der Waals surface area contributed by atoms with Crippen LogP contribution in [0.25, 0.3) is 0 Å². The van der Waals surface area contributed by atoms with E-state index < -0.39 is 55.2 Å². The third kappa shape index (κ3) is 4.08. The largest absolute Gasteiger partial charge is 0.479 e. The molecule has 21 heavy (non-hydrogen) atoms. The van der Waals surface area contributed by atoms with Gasteiger partial charge in [0.25, 0.3) is 0 Å². The van der Waals surface area contributed by atoms with Crippen LogP contribution in [0.1, 0.15) is 0 Å². The maximum absolute atomic E-state index is 10.5. The highest BCUT2D eigenvalue weighted by Crippen LogP contribution is 2.19. The monoisotopic (exact) mass is 311 g/mol. The van der Waals surface area contributed by atoms with Crippen LogP contribution >= 0.6 is 0 Å². The first-order valence-electron chi connectivity index (χ1n) is 6.36. The molecule has 0 aromatic carbocycles. The summed E-state index contributed by atoms with van der Waals surface area (Å²) in [6.45, 7) is -0.918. The predicted molar refractivity (Wildman–Crippen MR) is 66.1 cm³/mol. The zero-order valence-electron chi connectivity index (χ0n) is 11.1. The van der Waals surface area contributed by atoms with Crippen molar-refractivity contribution >= 4 is 5.97 Å². The molecule has 8 N–H and O–H groups in total. The maximum Gasteiger partial charge on any atom is 0.335 e. The molecule has 0 saturated carbocycles. The third-order valence-electron chi connectivity index (χ3n) is 3.61. The molecule has 0 aliphatic carbocycles. The van der Waals surface area contributed by atoms with Gasteiger partial charge in [-0.15, -0.1) is 0 Å². The van der Waals surface area contributed by atoms with E-state index in [9.17, 15) is 30.3 Å². The molecule has 0 amide bonds. The van der Waals surface area contributed by atoms with Crippen LogP contribution in [0.4, 0.5) is 0 Å². The van der Waals surface area contributed by atoms with Crippen molar-refractivity contribution in [2.45, 2.75) is 42.7 Å². The molecule has 7 atom stereocenters. The second kappa shape index (κ2) is 7.42. The Balaban J connectivity index is 2.63. The fourth-order valence-corrected chi connectivity index (χ4v) is 2.30. The lowest BCUT2D eigenvalue weighted by atomic mass is 10.0. The molecule has 1 saturated heterocycles. The molecule has 0 radical (unpaired) electrons. The number of likely N-dealkylation sites (tertiary alicyclic amines) is 1. The first-order chi connectivity index (χ1) is 9.70. The number of β-amino-alcohol motifs (C(OH)–C–C–N with tert-alkyl or cyclic N) is 2. The average molecular weight is 311 g/mol. The highest BCUT2D eigenvalue weighted by Gasteiger charge is 2.42. The number of carboxylic acid groups (broad SMARTS) is 1. The lowest BCUT2D eigenvalue weighted by Crippen LogP contribution is -2.52. The highest BCUT2D eigenvalue weighted by molar-refractivity contribution is 5.72. The number of nitrogens with zero attached hydrogens (tertiary/aromatic N) is 1. The lowest BCUT2D eigenvalue weighted by molar-refractivity contribution is -0.163. The fourth-order valence-electron chi connectivity index (χ4n) is 2.30. The number of aliphatic hydroxyl groups is 7. The van der Waals surface area contributed by atoms with Crippen molar-refractivity contribution in [3.63, 3.8) is 0 Å². The Bertz CT molecular complexity index is 355. The molecule has 1 aliphatic rings. The zero-order chi connectivity index (χ0) is 16.3. The summed E-state index contributed by atoms with van der Waals surface area (Å²) in [4.78, 5) is 11.8. The number of hydrogen-bond acceptors (Lipinski definition) is 9. The number of aliphatic carboxylic acids is 1. The van der Waals surface area contributed by atoms with Crippen molar-refractivity contribution in [1.29, 1.82) is 0 Å². The molecule has 1 aliphatic heterocycles. The van der Waals surface area contributed by atoms with Crippen molar-refractivity contribution in [3.8, 4) is 0 Å². The van der Waals surface area contributed by atoms with Crippen LogP contribution in [0.2, 0.25) is 0 Å². The summed E-state index contributed by atoms with van der Waals surface area (Å²) in [5.41, 5.74) is 0. The minimum absolute atomic E-state index is 0.0756. The van der Waals surface area contributed by atoms with Gasteiger partial charge in [0.2, 0.25) is 0 Å². The summed E-state index contributed by atoms with van der Waals surface area (Å²) < 4.78 is 0. The van der Waals surface area contributed by atoms with Crippen LogP contribution < -0.4 is 0 Å². The van der Waals surface area contributed by atoms with E-state index in [1.54, 1.807) is 0 Å². The molecule has 0 aromatic heterocycles. The molecule has 0 unspecified atom stereocenters. The van der Waals surface area contributed by atoms with Crippen LogP contribution in [-0.4, -0.2) is 114 Å². The quantitative estimate of drug-likeness (QED) is 0.226. The summed E-state index contributed by atoms with van der Waals surface area (Å²) in [6.07, 6.45) is -10.3. The zero-order valence-corrected chi connectivity index (χ0v) is 11.1. The first kappa shape index (κ1) is 18.2. The van der Waals surface area contributed by atoms with Crippen LogP contribution in [0.5, 0.6) is 0 Å². The van der Waals surface area contributed by atoms with E-state index in [2.05, 4.69) is 0 Å². The average Bonchev–Trinajstić information content (AvgIpc) is 2.70. The minimum Gasteiger partial charge on any atom is -0.479 e. The highest BCUT2D eigenvalue weighted by atomic mass is 16.4. The molecule has 1 fully saturated rings. The number of hydrogen-bond donors (Lipinski definition) is 8. The normalized spacial score (nSPS) is 32.6. The van der Waals surface area contributed by atoms with E-state index in [0.29, 0.717) is 0 Å². The Hall–Kier alpha value is -0.850. The molecule has 124 valence electrons. The van der Waals surface area contributed by atoms with Gasteiger partial charge in [0.15, 0.2) is 6.10 Å². The van der Waals surface area contributed by atoms with Gasteiger partial charge in [-0.1, -0.05) is 0 Å². The Morgan fingerprint density at radius 1 is 1.14 bits per heavy atom. The summed E-state index contributed by atoms with van der Waals surface area (Å²) >= 11 is 0. The van der Waals surface area contributed by atoms with Crippen LogP contribution in [-0.2, 0) is 4.79 Å². The second-order valence-electron chi connectivity index (χ2n) is 5.09. The first-order valence-corrected chi connectivity index (χ1v) is 6.36. The van der Waals surface area contributed by atoms with Gasteiger partial charge in [-0.05, 0) is 0 Å². The Morgan fingerprint density at radius 3 is 2.19 bits per heavy atom. The smallest absolute Gasteiger partial charge is 0.335 e. The van der Waals surface area contributed by atoms with E-state index in [0.717, 1.165) is 0 Å². The van der Waals surface area contributed by atoms with Crippen molar-refractivity contribution in [1.82, 2.24) is 4.90 Å². The van der Waals surface area contributed by atoms with Crippen molar-refractivity contribution < 1.29 is 45.6 Å². The fraction of sp³-hybridized carbons (Fsp3) is 0.909. The molecule has 10 heteroatoms. The lowest BCUT2D eigenvalue weighted by Gasteiger charge is -2.30. The molecule has 0 spiro atoms. The Kier molecular flexibility index (Phi) is 6.43. The van der Waals surface area contributed by atoms with Crippen LogP contribution in [0.15, 0.2) is 0 Å². The van der Waals surface area contributed by atoms with Gasteiger partial charge in [0.05, 0.1) is 31.0 Å². The Morgan fingerprint density at radius 2 is 1.71 bits per heavy atom. The van der Waals surface area contributed by atoms with Gasteiger partial charge in [0.1, 0.15) is 12.2 Å². The van der Waals surface area contributed by atoms with Gasteiger partial charge in [-0.2, -0.15) is 0 Å². The van der Waals surface area contributed by atoms with E-state index >= 15 is 0 Å². The molecule has 1 heterocycles. The number of rotatable bonds is 7. The van der Waals surface area contributed by atoms with Crippen molar-refractivity contribution in [2.75, 3.05) is 19.7 Å². The van der Waals surface area contributed by atoms with Gasteiger partial charge >= 0.3 is 5.97 Å². The molecular weight excluding hydrogens is 290 g/mol. The Labute approximate surface area is 120 Å². The number of aliphatic hydroxyl groups excluding tert-OH is 7. The van der Waals surface area contributed by atoms with Crippen LogP contribution in [0.3, 0.4) is 0 Å². The van der Waals surface area contributed by atoms with E-state index in [4.69, 9.17) is 15.3 Å². The molecule has 0 aromatic rings. The van der Waals surface area contributed by atoms with Crippen molar-refractivity contribution in [2.24, 2.45) is 0 Å². The second-order valence-corrected chi connectivity index (χ2v) is 5.09. The van der Waals surface area contributed by atoms with Crippen molar-refractivity contribution in [3.05, 3.63) is 0 Å². The molecule has 10 nitrogen and oxygen atoms in total. The standard InChI is InChI=1S/C11H21NO9/c13-3-4-7(16)5(14)1-12(4)2-6(15)8(17)9(18)10(19)11(20)21/h4-10,13-19H,1-3H2,(H,20,21)/t4-,5-,6+,7-,8-,9+,10-/m1/s1. The van der Waals surface area contributed by atoms with E-state index in [1.165, 1.54) is 4.90 Å². The topological polar surface area (TPSA) is 182 Å². The summed E-state index contributed by atoms with van der Waals surface area (Å²) in [7, 11) is 0. The van der Waals surface area contributed by atoms with Gasteiger partial charge < -0.3 is 40.9 Å². The summed E-state index contributed by atoms with van der Waals surface area (Å²) in [5, 5.41) is 74.6. The third-order valence-corrected chi connectivity index (χ3v) is 3.61. The van der Waals surface area contributed by atoms with Gasteiger partial charge in [-0.25, -0.2) is 4.79 Å². The maximum atomic E-state index is 10.5. The van der Waals surface area contributed by atoms with Gasteiger partial charge in [-0.3, -0.25) is 4.90 Å². The van der Waals surface area contributed by atoms with Crippen LogP contribution in [0, 0.1) is 0 Å². The van der Waals surface area contributed by atoms with Gasteiger partial charge in [0, 0.05) is 13.1 Å². The number of carboxylic acids is 1. The summed E-state index contributed by atoms with van der Waals surface area (Å²) in [6, 6.07) is -0.858. The molecular formula is C11H21NO9.